The van der Waals surface area contributed by atoms with Crippen LogP contribution in [0.1, 0.15) is 15.9 Å². The van der Waals surface area contributed by atoms with Crippen molar-refractivity contribution < 1.29 is 14.6 Å². The Hall–Kier alpha value is -2.03. The van der Waals surface area contributed by atoms with Crippen molar-refractivity contribution in [2.24, 2.45) is 0 Å². The zero-order valence-corrected chi connectivity index (χ0v) is 9.15. The number of hydrogen-bond donors (Lipinski definition) is 1. The lowest BCUT2D eigenvalue weighted by Crippen LogP contribution is -1.99. The van der Waals surface area contributed by atoms with Gasteiger partial charge in [0, 0.05) is 0 Å². The van der Waals surface area contributed by atoms with Crippen molar-refractivity contribution >= 4 is 16.7 Å². The molecule has 0 aliphatic carbocycles. The molecule has 3 nitrogen and oxygen atoms in total. The number of aryl methyl sites for hydroxylation is 1. The molecule has 0 radical (unpaired) electrons. The van der Waals surface area contributed by atoms with Crippen LogP contribution in [0.15, 0.2) is 30.3 Å². The summed E-state index contributed by atoms with van der Waals surface area (Å²) < 4.78 is 5.10. The lowest BCUT2D eigenvalue weighted by atomic mass is 10.0. The average molecular weight is 216 g/mol. The van der Waals surface area contributed by atoms with Crippen LogP contribution < -0.4 is 4.74 Å². The zero-order valence-electron chi connectivity index (χ0n) is 9.15. The second-order valence-electron chi connectivity index (χ2n) is 3.65. The first-order valence-corrected chi connectivity index (χ1v) is 4.94. The van der Waals surface area contributed by atoms with E-state index in [0.29, 0.717) is 5.75 Å². The third kappa shape index (κ3) is 1.60. The average Bonchev–Trinajstić information content (AvgIpc) is 2.28. The highest BCUT2D eigenvalue weighted by molar-refractivity contribution is 6.05. The van der Waals surface area contributed by atoms with Crippen LogP contribution >= 0.6 is 0 Å². The number of methoxy groups -OCH3 is 1. The Bertz CT molecular complexity index is 558. The predicted molar refractivity (Wildman–Crippen MR) is 62.2 cm³/mol. The van der Waals surface area contributed by atoms with Gasteiger partial charge in [-0.25, -0.2) is 4.79 Å². The molecule has 0 aliphatic heterocycles. The molecule has 1 N–H and O–H groups in total. The Morgan fingerprint density at radius 3 is 2.62 bits per heavy atom. The maximum atomic E-state index is 11.1. The summed E-state index contributed by atoms with van der Waals surface area (Å²) in [5.41, 5.74) is 1.32. The molecular formula is C13H12O3. The summed E-state index contributed by atoms with van der Waals surface area (Å²) >= 11 is 0. The molecule has 0 heterocycles. The van der Waals surface area contributed by atoms with Crippen molar-refractivity contribution in [2.45, 2.75) is 6.92 Å². The van der Waals surface area contributed by atoms with Crippen molar-refractivity contribution in [3.8, 4) is 5.75 Å². The van der Waals surface area contributed by atoms with E-state index in [1.54, 1.807) is 6.07 Å². The Morgan fingerprint density at radius 1 is 1.25 bits per heavy atom. The van der Waals surface area contributed by atoms with Gasteiger partial charge in [-0.1, -0.05) is 18.2 Å². The molecule has 2 rings (SSSR count). The van der Waals surface area contributed by atoms with Crippen LogP contribution in [-0.2, 0) is 0 Å². The highest BCUT2D eigenvalue weighted by atomic mass is 16.5. The molecule has 0 saturated heterocycles. The third-order valence-corrected chi connectivity index (χ3v) is 2.65. The molecule has 0 fully saturated rings. The molecule has 0 saturated carbocycles. The van der Waals surface area contributed by atoms with E-state index < -0.39 is 5.97 Å². The van der Waals surface area contributed by atoms with E-state index in [1.807, 2.05) is 31.2 Å². The van der Waals surface area contributed by atoms with Crippen molar-refractivity contribution in [2.75, 3.05) is 7.11 Å². The van der Waals surface area contributed by atoms with Gasteiger partial charge in [0.15, 0.2) is 0 Å². The van der Waals surface area contributed by atoms with Crippen LogP contribution in [0.2, 0.25) is 0 Å². The second kappa shape index (κ2) is 3.85. The topological polar surface area (TPSA) is 46.5 Å². The van der Waals surface area contributed by atoms with E-state index >= 15 is 0 Å². The van der Waals surface area contributed by atoms with Crippen LogP contribution in [0.3, 0.4) is 0 Å². The molecule has 0 unspecified atom stereocenters. The number of benzene rings is 2. The van der Waals surface area contributed by atoms with Crippen LogP contribution in [-0.4, -0.2) is 18.2 Å². The van der Waals surface area contributed by atoms with Gasteiger partial charge < -0.3 is 9.84 Å². The summed E-state index contributed by atoms with van der Waals surface area (Å²) in [4.78, 5) is 11.1. The summed E-state index contributed by atoms with van der Waals surface area (Å²) in [6, 6.07) is 9.02. The van der Waals surface area contributed by atoms with Gasteiger partial charge in [-0.3, -0.25) is 0 Å². The fourth-order valence-electron chi connectivity index (χ4n) is 1.81. The number of aromatic carboxylic acids is 1. The maximum absolute atomic E-state index is 11.1. The summed E-state index contributed by atoms with van der Waals surface area (Å²) in [5, 5.41) is 10.8. The minimum Gasteiger partial charge on any atom is -0.497 e. The number of ether oxygens (including phenoxy) is 1. The Kier molecular flexibility index (Phi) is 2.52. The number of hydrogen-bond acceptors (Lipinski definition) is 2. The fourth-order valence-corrected chi connectivity index (χ4v) is 1.81. The van der Waals surface area contributed by atoms with Gasteiger partial charge >= 0.3 is 5.97 Å². The van der Waals surface area contributed by atoms with Gasteiger partial charge in [0.25, 0.3) is 0 Å². The zero-order chi connectivity index (χ0) is 11.7. The SMILES string of the molecule is COc1cc(C(=O)O)c2cccc(C)c2c1. The monoisotopic (exact) mass is 216 g/mol. The molecule has 0 bridgehead atoms. The van der Waals surface area contributed by atoms with Crippen molar-refractivity contribution in [1.82, 2.24) is 0 Å². The Labute approximate surface area is 93.3 Å². The molecule has 82 valence electrons. The van der Waals surface area contributed by atoms with Gasteiger partial charge in [-0.15, -0.1) is 0 Å². The van der Waals surface area contributed by atoms with Crippen LogP contribution in [0.4, 0.5) is 0 Å². The minimum absolute atomic E-state index is 0.276. The smallest absolute Gasteiger partial charge is 0.336 e. The van der Waals surface area contributed by atoms with Gasteiger partial charge in [0.1, 0.15) is 5.75 Å². The van der Waals surface area contributed by atoms with E-state index in [1.165, 1.54) is 7.11 Å². The van der Waals surface area contributed by atoms with Crippen molar-refractivity contribution in [3.05, 3.63) is 41.5 Å². The Balaban J connectivity index is 2.87. The molecule has 3 heteroatoms. The first kappa shape index (κ1) is 10.5. The van der Waals surface area contributed by atoms with Crippen molar-refractivity contribution in [1.29, 1.82) is 0 Å². The molecular weight excluding hydrogens is 204 g/mol. The minimum atomic E-state index is -0.936. The van der Waals surface area contributed by atoms with E-state index in [-0.39, 0.29) is 5.56 Å². The number of fused-ring (bicyclic) bond motifs is 1. The van der Waals surface area contributed by atoms with E-state index in [2.05, 4.69) is 0 Å². The number of carboxylic acids is 1. The number of carbonyl (C=O) groups is 1. The quantitative estimate of drug-likeness (QED) is 0.839. The summed E-state index contributed by atoms with van der Waals surface area (Å²) in [6.07, 6.45) is 0. The van der Waals surface area contributed by atoms with Gasteiger partial charge in [-0.2, -0.15) is 0 Å². The number of rotatable bonds is 2. The maximum Gasteiger partial charge on any atom is 0.336 e. The van der Waals surface area contributed by atoms with Crippen LogP contribution in [0.25, 0.3) is 10.8 Å². The molecule has 0 amide bonds. The van der Waals surface area contributed by atoms with Crippen molar-refractivity contribution in [3.63, 3.8) is 0 Å². The summed E-state index contributed by atoms with van der Waals surface area (Å²) in [5.74, 6) is -0.367. The lowest BCUT2D eigenvalue weighted by Gasteiger charge is -2.08. The molecule has 0 aliphatic rings. The molecule has 0 atom stereocenters. The lowest BCUT2D eigenvalue weighted by molar-refractivity contribution is 0.0698. The third-order valence-electron chi connectivity index (χ3n) is 2.65. The normalized spacial score (nSPS) is 10.4. The molecule has 2 aromatic rings. The van der Waals surface area contributed by atoms with Gasteiger partial charge in [-0.05, 0) is 35.4 Å². The molecule has 0 spiro atoms. The fraction of sp³-hybridized carbons (Fsp3) is 0.154. The first-order valence-electron chi connectivity index (χ1n) is 4.94. The molecule has 2 aromatic carbocycles. The molecule has 0 aromatic heterocycles. The standard InChI is InChI=1S/C13H12O3/c1-8-4-3-5-10-11(8)6-9(16-2)7-12(10)13(14)15/h3-7H,1-2H3,(H,14,15). The second-order valence-corrected chi connectivity index (χ2v) is 3.65. The number of carboxylic acid groups (broad SMARTS) is 1. The predicted octanol–water partition coefficient (Wildman–Crippen LogP) is 2.86. The Morgan fingerprint density at radius 2 is 2.00 bits per heavy atom. The highest BCUT2D eigenvalue weighted by Crippen LogP contribution is 2.27. The van der Waals surface area contributed by atoms with Gasteiger partial charge in [0.2, 0.25) is 0 Å². The summed E-state index contributed by atoms with van der Waals surface area (Å²) in [6.45, 7) is 1.95. The first-order chi connectivity index (χ1) is 7.63. The van der Waals surface area contributed by atoms with E-state index in [9.17, 15) is 4.79 Å². The largest absolute Gasteiger partial charge is 0.497 e. The van der Waals surface area contributed by atoms with E-state index in [0.717, 1.165) is 16.3 Å². The van der Waals surface area contributed by atoms with Crippen LogP contribution in [0.5, 0.6) is 5.75 Å². The molecule has 16 heavy (non-hydrogen) atoms. The highest BCUT2D eigenvalue weighted by Gasteiger charge is 2.11. The van der Waals surface area contributed by atoms with Gasteiger partial charge in [0.05, 0.1) is 12.7 Å². The van der Waals surface area contributed by atoms with E-state index in [4.69, 9.17) is 9.84 Å². The van der Waals surface area contributed by atoms with Crippen LogP contribution in [0, 0.1) is 6.92 Å². The summed E-state index contributed by atoms with van der Waals surface area (Å²) in [7, 11) is 1.53.